The lowest BCUT2D eigenvalue weighted by molar-refractivity contribution is -0.385. The standard InChI is InChI=1S/C20H28N4O4/c25-20(21-14-15-5-11-28-12-6-15)18-13-17(1-2-19(18)24(26)27)23-10-9-22-7-3-16(23)4-8-22/h1-2,13,15-16H,3-12,14H2,(H,21,25). The van der Waals surface area contributed by atoms with Gasteiger partial charge in [-0.25, -0.2) is 0 Å². The summed E-state index contributed by atoms with van der Waals surface area (Å²) < 4.78 is 5.35. The molecule has 4 aliphatic rings. The van der Waals surface area contributed by atoms with Gasteiger partial charge in [-0.3, -0.25) is 14.9 Å². The van der Waals surface area contributed by atoms with Gasteiger partial charge < -0.3 is 19.9 Å². The van der Waals surface area contributed by atoms with Crippen molar-refractivity contribution in [2.75, 3.05) is 50.8 Å². The molecule has 0 aliphatic carbocycles. The number of ether oxygens (including phenoxy) is 1. The van der Waals surface area contributed by atoms with Crippen molar-refractivity contribution in [1.29, 1.82) is 0 Å². The number of rotatable bonds is 5. The number of fused-ring (bicyclic) bond motifs is 4. The van der Waals surface area contributed by atoms with Crippen molar-refractivity contribution in [3.05, 3.63) is 33.9 Å². The Morgan fingerprint density at radius 3 is 2.61 bits per heavy atom. The Balaban J connectivity index is 1.53. The van der Waals surface area contributed by atoms with E-state index in [0.717, 1.165) is 57.5 Å². The lowest BCUT2D eigenvalue weighted by Gasteiger charge is -2.33. The van der Waals surface area contributed by atoms with Crippen LogP contribution >= 0.6 is 0 Å². The minimum Gasteiger partial charge on any atom is -0.381 e. The minimum absolute atomic E-state index is 0.129. The molecule has 1 N–H and O–H groups in total. The molecule has 8 nitrogen and oxygen atoms in total. The first-order chi connectivity index (χ1) is 13.6. The number of hydrogen-bond donors (Lipinski definition) is 1. The zero-order valence-electron chi connectivity index (χ0n) is 16.1. The van der Waals surface area contributed by atoms with E-state index in [1.807, 2.05) is 0 Å². The summed E-state index contributed by atoms with van der Waals surface area (Å²) in [5.74, 6) is 0.0120. The molecule has 1 aromatic rings. The largest absolute Gasteiger partial charge is 0.381 e. The van der Waals surface area contributed by atoms with Crippen LogP contribution in [0.25, 0.3) is 0 Å². The van der Waals surface area contributed by atoms with E-state index in [1.54, 1.807) is 12.1 Å². The molecule has 5 rings (SSSR count). The molecule has 0 aromatic heterocycles. The highest BCUT2D eigenvalue weighted by Gasteiger charge is 2.31. The summed E-state index contributed by atoms with van der Waals surface area (Å²) in [5, 5.41) is 14.4. The monoisotopic (exact) mass is 388 g/mol. The van der Waals surface area contributed by atoms with Gasteiger partial charge in [0.05, 0.1) is 4.92 Å². The van der Waals surface area contributed by atoms with Crippen LogP contribution in [0.2, 0.25) is 0 Å². The molecule has 1 amide bonds. The smallest absolute Gasteiger partial charge is 0.282 e. The summed E-state index contributed by atoms with van der Waals surface area (Å²) in [7, 11) is 0. The summed E-state index contributed by atoms with van der Waals surface area (Å²) in [6, 6.07) is 5.43. The fraction of sp³-hybridized carbons (Fsp3) is 0.650. The summed E-state index contributed by atoms with van der Waals surface area (Å²) in [6.45, 7) is 6.06. The fourth-order valence-corrected chi connectivity index (χ4v) is 4.55. The van der Waals surface area contributed by atoms with Gasteiger partial charge in [0.1, 0.15) is 5.56 Å². The lowest BCUT2D eigenvalue weighted by atomic mass is 10.00. The topological polar surface area (TPSA) is 88.0 Å². The molecule has 4 heterocycles. The van der Waals surface area contributed by atoms with E-state index in [-0.39, 0.29) is 17.2 Å². The molecule has 28 heavy (non-hydrogen) atoms. The molecule has 0 atom stereocenters. The molecule has 0 spiro atoms. The van der Waals surface area contributed by atoms with Crippen molar-refractivity contribution >= 4 is 17.3 Å². The van der Waals surface area contributed by atoms with Gasteiger partial charge in [0, 0.05) is 63.7 Å². The number of amides is 1. The molecule has 0 radical (unpaired) electrons. The number of benzene rings is 1. The Morgan fingerprint density at radius 1 is 1.14 bits per heavy atom. The molecule has 4 aliphatic heterocycles. The predicted octanol–water partition coefficient (Wildman–Crippen LogP) is 2.04. The van der Waals surface area contributed by atoms with Gasteiger partial charge >= 0.3 is 0 Å². The predicted molar refractivity (Wildman–Crippen MR) is 106 cm³/mol. The van der Waals surface area contributed by atoms with Crippen LogP contribution in [0.4, 0.5) is 11.4 Å². The number of anilines is 1. The maximum atomic E-state index is 12.8. The highest BCUT2D eigenvalue weighted by molar-refractivity contribution is 5.99. The molecular weight excluding hydrogens is 360 g/mol. The minimum atomic E-state index is -0.465. The highest BCUT2D eigenvalue weighted by Crippen LogP contribution is 2.30. The number of hydrogen-bond acceptors (Lipinski definition) is 6. The molecule has 152 valence electrons. The second-order valence-corrected chi connectivity index (χ2v) is 7.99. The van der Waals surface area contributed by atoms with Crippen LogP contribution < -0.4 is 10.2 Å². The molecular formula is C20H28N4O4. The van der Waals surface area contributed by atoms with Crippen molar-refractivity contribution in [1.82, 2.24) is 10.2 Å². The van der Waals surface area contributed by atoms with E-state index in [1.165, 1.54) is 6.07 Å². The van der Waals surface area contributed by atoms with Gasteiger partial charge in [-0.1, -0.05) is 0 Å². The van der Waals surface area contributed by atoms with E-state index in [2.05, 4.69) is 15.1 Å². The Bertz CT molecular complexity index is 727. The van der Waals surface area contributed by atoms with Gasteiger partial charge in [-0.05, 0) is 43.7 Å². The van der Waals surface area contributed by atoms with Crippen LogP contribution in [-0.2, 0) is 4.74 Å². The maximum Gasteiger partial charge on any atom is 0.282 e. The van der Waals surface area contributed by atoms with Crippen molar-refractivity contribution in [2.24, 2.45) is 5.92 Å². The summed E-state index contributed by atoms with van der Waals surface area (Å²) >= 11 is 0. The number of nitro groups is 1. The normalized spacial score (nSPS) is 25.4. The van der Waals surface area contributed by atoms with Gasteiger partial charge in [-0.2, -0.15) is 0 Å². The number of carbonyl (C=O) groups excluding carboxylic acids is 1. The van der Waals surface area contributed by atoms with Crippen molar-refractivity contribution in [3.8, 4) is 0 Å². The number of nitrogens with zero attached hydrogens (tertiary/aromatic N) is 3. The van der Waals surface area contributed by atoms with E-state index in [9.17, 15) is 14.9 Å². The van der Waals surface area contributed by atoms with E-state index in [0.29, 0.717) is 31.7 Å². The molecule has 4 saturated heterocycles. The third-order valence-corrected chi connectivity index (χ3v) is 6.30. The summed E-state index contributed by atoms with van der Waals surface area (Å²) in [6.07, 6.45) is 4.02. The van der Waals surface area contributed by atoms with Gasteiger partial charge in [0.15, 0.2) is 0 Å². The summed E-state index contributed by atoms with van der Waals surface area (Å²) in [4.78, 5) is 28.6. The molecule has 0 saturated carbocycles. The van der Waals surface area contributed by atoms with E-state index in [4.69, 9.17) is 4.74 Å². The Kier molecular flexibility index (Phi) is 5.77. The fourth-order valence-electron chi connectivity index (χ4n) is 4.55. The van der Waals surface area contributed by atoms with Crippen LogP contribution in [0.5, 0.6) is 0 Å². The Morgan fingerprint density at radius 2 is 1.89 bits per heavy atom. The zero-order chi connectivity index (χ0) is 19.5. The number of nitro benzene ring substituents is 1. The van der Waals surface area contributed by atoms with E-state index >= 15 is 0 Å². The quantitative estimate of drug-likeness (QED) is 0.613. The van der Waals surface area contributed by atoms with E-state index < -0.39 is 4.92 Å². The Labute approximate surface area is 165 Å². The van der Waals surface area contributed by atoms with Crippen LogP contribution in [-0.4, -0.2) is 67.7 Å². The third-order valence-electron chi connectivity index (χ3n) is 6.30. The van der Waals surface area contributed by atoms with Gasteiger partial charge in [0.25, 0.3) is 11.6 Å². The number of carbonyl (C=O) groups is 1. The zero-order valence-corrected chi connectivity index (χ0v) is 16.1. The number of piperidine rings is 1. The van der Waals surface area contributed by atoms with Crippen LogP contribution in [0.3, 0.4) is 0 Å². The maximum absolute atomic E-state index is 12.8. The van der Waals surface area contributed by atoms with Gasteiger partial charge in [-0.15, -0.1) is 0 Å². The highest BCUT2D eigenvalue weighted by atomic mass is 16.6. The first kappa shape index (κ1) is 19.1. The number of nitrogens with one attached hydrogen (secondary N) is 1. The summed E-state index contributed by atoms with van der Waals surface area (Å²) in [5.41, 5.74) is 0.945. The molecule has 1 aromatic carbocycles. The SMILES string of the molecule is O=C(NCC1CCOCC1)c1cc(N2CCN3CCC2CC3)ccc1[N+](=O)[O-]. The molecule has 0 unspecified atom stereocenters. The van der Waals surface area contributed by atoms with Crippen LogP contribution in [0.1, 0.15) is 36.0 Å². The molecule has 8 heteroatoms. The third kappa shape index (κ3) is 4.12. The lowest BCUT2D eigenvalue weighted by Crippen LogP contribution is -2.38. The van der Waals surface area contributed by atoms with Crippen LogP contribution in [0, 0.1) is 16.0 Å². The molecule has 4 fully saturated rings. The molecule has 2 bridgehead atoms. The van der Waals surface area contributed by atoms with Gasteiger partial charge in [0.2, 0.25) is 0 Å². The second kappa shape index (κ2) is 8.45. The second-order valence-electron chi connectivity index (χ2n) is 7.99. The Hall–Kier alpha value is -2.19. The first-order valence-corrected chi connectivity index (χ1v) is 10.2. The van der Waals surface area contributed by atoms with Crippen molar-refractivity contribution in [2.45, 2.75) is 31.7 Å². The average molecular weight is 388 g/mol. The van der Waals surface area contributed by atoms with Crippen molar-refractivity contribution < 1.29 is 14.5 Å². The van der Waals surface area contributed by atoms with Crippen LogP contribution in [0.15, 0.2) is 18.2 Å². The van der Waals surface area contributed by atoms with Crippen molar-refractivity contribution in [3.63, 3.8) is 0 Å². The first-order valence-electron chi connectivity index (χ1n) is 10.2. The average Bonchev–Trinajstić information content (AvgIpc) is 3.06.